The van der Waals surface area contributed by atoms with Crippen LogP contribution in [0.25, 0.3) is 0 Å². The normalized spacial score (nSPS) is 11.5. The van der Waals surface area contributed by atoms with E-state index in [4.69, 9.17) is 9.47 Å². The van der Waals surface area contributed by atoms with Crippen molar-refractivity contribution in [2.45, 2.75) is 59.4 Å². The molecule has 0 saturated heterocycles. The molecule has 0 radical (unpaired) electrons. The number of methoxy groups -OCH3 is 1. The number of hydrogen-bond donors (Lipinski definition) is 2. The van der Waals surface area contributed by atoms with Crippen molar-refractivity contribution in [2.24, 2.45) is 5.10 Å². The summed E-state index contributed by atoms with van der Waals surface area (Å²) in [5.41, 5.74) is 7.05. The Balaban J connectivity index is 1.84. The molecule has 1 aromatic heterocycles. The van der Waals surface area contributed by atoms with Crippen molar-refractivity contribution in [2.75, 3.05) is 7.11 Å². The Morgan fingerprint density at radius 3 is 1.80 bits per heavy atom. The van der Waals surface area contributed by atoms with Gasteiger partial charge < -0.3 is 14.8 Å². The molecular weight excluding hydrogens is 508 g/mol. The lowest BCUT2D eigenvalue weighted by molar-refractivity contribution is -0.132. The lowest BCUT2D eigenvalue weighted by Gasteiger charge is -2.16. The van der Waals surface area contributed by atoms with Gasteiger partial charge in [0.15, 0.2) is 11.4 Å². The largest absolute Gasteiger partial charge is 0.493 e. The minimum Gasteiger partial charge on any atom is -0.493 e. The van der Waals surface area contributed by atoms with E-state index in [1.54, 1.807) is 0 Å². The second kappa shape index (κ2) is 13.5. The minimum atomic E-state index is -0.984. The molecule has 3 aromatic rings. The zero-order valence-electron chi connectivity index (χ0n) is 23.9. The van der Waals surface area contributed by atoms with Crippen molar-refractivity contribution in [1.29, 1.82) is 0 Å². The summed E-state index contributed by atoms with van der Waals surface area (Å²) in [6.45, 7) is 11.2. The van der Waals surface area contributed by atoms with Crippen LogP contribution in [0, 0.1) is 0 Å². The number of benzene rings is 2. The average Bonchev–Trinajstić information content (AvgIpc) is 2.93. The van der Waals surface area contributed by atoms with E-state index in [1.165, 1.54) is 44.3 Å². The molecule has 3 rings (SSSR count). The molecular formula is C31H36N4O5. The zero-order chi connectivity index (χ0) is 29.4. The Morgan fingerprint density at radius 1 is 0.825 bits per heavy atom. The van der Waals surface area contributed by atoms with Gasteiger partial charge in [0.05, 0.1) is 12.8 Å². The van der Waals surface area contributed by atoms with E-state index < -0.39 is 23.8 Å². The molecule has 0 aliphatic carbocycles. The minimum absolute atomic E-state index is 0.127. The monoisotopic (exact) mass is 544 g/mol. The molecule has 9 nitrogen and oxygen atoms in total. The molecule has 9 heteroatoms. The third-order valence-corrected chi connectivity index (χ3v) is 6.27. The molecule has 2 amide bonds. The lowest BCUT2D eigenvalue weighted by Crippen LogP contribution is -2.44. The number of rotatable bonds is 10. The van der Waals surface area contributed by atoms with Crippen LogP contribution in [0.2, 0.25) is 0 Å². The van der Waals surface area contributed by atoms with Crippen molar-refractivity contribution < 1.29 is 23.9 Å². The van der Waals surface area contributed by atoms with Crippen LogP contribution in [-0.4, -0.2) is 41.6 Å². The number of carbonyl (C=O) groups excluding carboxylic acids is 3. The first kappa shape index (κ1) is 30.0. The predicted molar refractivity (Wildman–Crippen MR) is 154 cm³/mol. The summed E-state index contributed by atoms with van der Waals surface area (Å²) in [5.74, 6) is -1.10. The first-order valence-electron chi connectivity index (χ1n) is 13.1. The molecule has 0 bridgehead atoms. The van der Waals surface area contributed by atoms with Gasteiger partial charge in [0.2, 0.25) is 5.75 Å². The number of ether oxygens (including phenoxy) is 2. The Kier molecular flexibility index (Phi) is 10.1. The molecule has 0 aliphatic heterocycles. The van der Waals surface area contributed by atoms with E-state index in [1.807, 2.05) is 48.5 Å². The van der Waals surface area contributed by atoms with Crippen LogP contribution >= 0.6 is 0 Å². The number of hydrogen-bond acceptors (Lipinski definition) is 7. The highest BCUT2D eigenvalue weighted by atomic mass is 16.6. The molecule has 2 aromatic carbocycles. The van der Waals surface area contributed by atoms with Gasteiger partial charge in [-0.05, 0) is 29.9 Å². The fraction of sp³-hybridized carbons (Fsp3) is 0.323. The highest BCUT2D eigenvalue weighted by Gasteiger charge is 2.24. The number of pyridine rings is 1. The van der Waals surface area contributed by atoms with Crippen LogP contribution in [0.15, 0.2) is 65.9 Å². The number of amides is 2. The third kappa shape index (κ3) is 7.53. The summed E-state index contributed by atoms with van der Waals surface area (Å²) in [5, 5.41) is 7.03. The summed E-state index contributed by atoms with van der Waals surface area (Å²) in [4.78, 5) is 41.5. The van der Waals surface area contributed by atoms with Gasteiger partial charge in [-0.3, -0.25) is 14.4 Å². The molecule has 40 heavy (non-hydrogen) atoms. The molecule has 2 N–H and O–H groups in total. The summed E-state index contributed by atoms with van der Waals surface area (Å²) >= 11 is 0. The van der Waals surface area contributed by atoms with Crippen molar-refractivity contribution in [3.05, 3.63) is 88.7 Å². The zero-order valence-corrected chi connectivity index (χ0v) is 23.9. The Morgan fingerprint density at radius 2 is 1.35 bits per heavy atom. The molecule has 0 spiro atoms. The van der Waals surface area contributed by atoms with E-state index in [0.29, 0.717) is 17.5 Å². The Labute approximate surface area is 235 Å². The van der Waals surface area contributed by atoms with Crippen LogP contribution in [0.3, 0.4) is 0 Å². The second-order valence-electron chi connectivity index (χ2n) is 9.97. The van der Waals surface area contributed by atoms with Crippen molar-refractivity contribution >= 4 is 23.5 Å². The van der Waals surface area contributed by atoms with E-state index in [9.17, 15) is 14.4 Å². The van der Waals surface area contributed by atoms with Gasteiger partial charge >= 0.3 is 5.97 Å². The van der Waals surface area contributed by atoms with Crippen LogP contribution in [0.1, 0.15) is 86.1 Å². The van der Waals surface area contributed by atoms with Crippen LogP contribution < -0.4 is 20.2 Å². The van der Waals surface area contributed by atoms with Gasteiger partial charge in [0.1, 0.15) is 6.04 Å². The summed E-state index contributed by atoms with van der Waals surface area (Å²) in [7, 11) is 1.38. The maximum absolute atomic E-state index is 13.0. The molecule has 0 saturated carbocycles. The third-order valence-electron chi connectivity index (χ3n) is 6.27. The van der Waals surface area contributed by atoms with Gasteiger partial charge in [0, 0.05) is 30.3 Å². The topological polar surface area (TPSA) is 119 Å². The van der Waals surface area contributed by atoms with Crippen LogP contribution in [0.4, 0.5) is 0 Å². The smallest absolute Gasteiger partial charge is 0.308 e. The van der Waals surface area contributed by atoms with E-state index in [2.05, 4.69) is 48.5 Å². The van der Waals surface area contributed by atoms with Gasteiger partial charge in [-0.15, -0.1) is 0 Å². The molecule has 1 heterocycles. The number of hydrazone groups is 1. The SMILES string of the molecule is COc1ccnc(C(=O)N[C@@H](C)C(=O)NN=C(c2ccc(C(C)C)cc2)c2ccc(C(C)C)cc2)c1OC(C)=O. The second-order valence-corrected chi connectivity index (χ2v) is 9.97. The average molecular weight is 545 g/mol. The van der Waals surface area contributed by atoms with Gasteiger partial charge in [-0.2, -0.15) is 5.10 Å². The Hall–Kier alpha value is -4.53. The van der Waals surface area contributed by atoms with E-state index in [0.717, 1.165) is 11.1 Å². The van der Waals surface area contributed by atoms with Gasteiger partial charge in [0.25, 0.3) is 11.8 Å². The lowest BCUT2D eigenvalue weighted by atomic mass is 9.95. The van der Waals surface area contributed by atoms with Crippen molar-refractivity contribution in [3.8, 4) is 11.5 Å². The quantitative estimate of drug-likeness (QED) is 0.212. The van der Waals surface area contributed by atoms with E-state index >= 15 is 0 Å². The highest BCUT2D eigenvalue weighted by molar-refractivity contribution is 6.13. The standard InChI is InChI=1S/C31H36N4O5/c1-18(2)22-8-12-24(13-9-22)27(25-14-10-23(11-15-25)19(3)4)34-35-30(37)20(5)33-31(38)28-29(40-21(6)36)26(39-7)16-17-32-28/h8-20H,1-7H3,(H,33,38)(H,35,37)/t20-/m0/s1. The highest BCUT2D eigenvalue weighted by Crippen LogP contribution is 2.29. The Bertz CT molecular complexity index is 1330. The van der Waals surface area contributed by atoms with Crippen LogP contribution in [0.5, 0.6) is 11.5 Å². The van der Waals surface area contributed by atoms with Crippen LogP contribution in [-0.2, 0) is 9.59 Å². The number of aromatic nitrogens is 1. The van der Waals surface area contributed by atoms with Crippen molar-refractivity contribution in [3.63, 3.8) is 0 Å². The maximum Gasteiger partial charge on any atom is 0.308 e. The van der Waals surface area contributed by atoms with Gasteiger partial charge in [-0.25, -0.2) is 10.4 Å². The molecule has 0 aliphatic rings. The molecule has 0 fully saturated rings. The summed E-state index contributed by atoms with van der Waals surface area (Å²) in [6.07, 6.45) is 1.34. The number of nitrogens with zero attached hydrogens (tertiary/aromatic N) is 2. The first-order chi connectivity index (χ1) is 19.0. The van der Waals surface area contributed by atoms with Gasteiger partial charge in [-0.1, -0.05) is 76.2 Å². The fourth-order valence-corrected chi connectivity index (χ4v) is 3.88. The number of carbonyl (C=O) groups is 3. The molecule has 1 atom stereocenters. The number of nitrogens with one attached hydrogen (secondary N) is 2. The summed E-state index contributed by atoms with van der Waals surface area (Å²) < 4.78 is 10.3. The number of esters is 1. The molecule has 210 valence electrons. The van der Waals surface area contributed by atoms with Crippen molar-refractivity contribution in [1.82, 2.24) is 15.7 Å². The molecule has 0 unspecified atom stereocenters. The fourth-order valence-electron chi connectivity index (χ4n) is 3.88. The predicted octanol–water partition coefficient (Wildman–Crippen LogP) is 4.95. The first-order valence-corrected chi connectivity index (χ1v) is 13.1. The maximum atomic E-state index is 13.0. The summed E-state index contributed by atoms with van der Waals surface area (Å²) in [6, 6.07) is 16.6. The van der Waals surface area contributed by atoms with E-state index in [-0.39, 0.29) is 17.2 Å².